The summed E-state index contributed by atoms with van der Waals surface area (Å²) in [5.41, 5.74) is 6.69. The van der Waals surface area contributed by atoms with Gasteiger partial charge in [0, 0.05) is 5.69 Å². The van der Waals surface area contributed by atoms with Crippen molar-refractivity contribution < 1.29 is 14.3 Å². The normalized spacial score (nSPS) is 21.4. The molecule has 0 saturated carbocycles. The lowest BCUT2D eigenvalue weighted by molar-refractivity contribution is -0.0655. The Bertz CT molecular complexity index is 649. The fourth-order valence-corrected chi connectivity index (χ4v) is 4.16. The summed E-state index contributed by atoms with van der Waals surface area (Å²) in [6, 6.07) is 8.12. The Morgan fingerprint density at radius 1 is 1.32 bits per heavy atom. The van der Waals surface area contributed by atoms with E-state index in [0.717, 1.165) is 24.9 Å². The number of aryl methyl sites for hydroxylation is 1. The molecule has 0 radical (unpaired) electrons. The largest absolute Gasteiger partial charge is 0.444 e. The van der Waals surface area contributed by atoms with Crippen LogP contribution >= 0.6 is 0 Å². The maximum absolute atomic E-state index is 13.0. The quantitative estimate of drug-likeness (QED) is 0.675. The van der Waals surface area contributed by atoms with Crippen molar-refractivity contribution in [1.82, 2.24) is 4.90 Å². The minimum absolute atomic E-state index is 0.0243. The van der Waals surface area contributed by atoms with Crippen LogP contribution in [0.1, 0.15) is 66.9 Å². The number of carbonyl (C=O) groups is 1. The third-order valence-electron chi connectivity index (χ3n) is 5.67. The van der Waals surface area contributed by atoms with Crippen LogP contribution in [0.5, 0.6) is 0 Å². The molecular formula is C23H38N2O3. The van der Waals surface area contributed by atoms with E-state index in [9.17, 15) is 4.79 Å². The van der Waals surface area contributed by atoms with Crippen LogP contribution in [0, 0.1) is 11.8 Å². The van der Waals surface area contributed by atoms with Crippen LogP contribution in [0.25, 0.3) is 0 Å². The molecular weight excluding hydrogens is 352 g/mol. The van der Waals surface area contributed by atoms with E-state index in [0.29, 0.717) is 18.4 Å². The van der Waals surface area contributed by atoms with Crippen LogP contribution < -0.4 is 5.73 Å². The summed E-state index contributed by atoms with van der Waals surface area (Å²) in [5, 5.41) is 0. The van der Waals surface area contributed by atoms with Gasteiger partial charge in [0.2, 0.25) is 0 Å². The second kappa shape index (κ2) is 8.73. The van der Waals surface area contributed by atoms with Crippen molar-refractivity contribution in [1.29, 1.82) is 0 Å². The zero-order chi connectivity index (χ0) is 21.1. The molecule has 1 aromatic carbocycles. The second-order valence-corrected chi connectivity index (χ2v) is 9.51. The van der Waals surface area contributed by atoms with Gasteiger partial charge < -0.3 is 15.2 Å². The molecule has 0 aliphatic carbocycles. The lowest BCUT2D eigenvalue weighted by Crippen LogP contribution is -2.52. The molecule has 1 heterocycles. The molecule has 1 saturated heterocycles. The van der Waals surface area contributed by atoms with Crippen molar-refractivity contribution in [3.05, 3.63) is 29.8 Å². The van der Waals surface area contributed by atoms with E-state index in [1.54, 1.807) is 0 Å². The van der Waals surface area contributed by atoms with Crippen LogP contribution in [0.15, 0.2) is 24.3 Å². The van der Waals surface area contributed by atoms with Crippen LogP contribution in [0.4, 0.5) is 10.5 Å². The fraction of sp³-hybridized carbons (Fsp3) is 0.696. The van der Waals surface area contributed by atoms with E-state index in [1.807, 2.05) is 51.7 Å². The molecule has 2 rings (SSSR count). The number of ether oxygens (including phenoxy) is 2. The zero-order valence-corrected chi connectivity index (χ0v) is 18.6. The van der Waals surface area contributed by atoms with Gasteiger partial charge in [-0.3, -0.25) is 4.90 Å². The first-order chi connectivity index (χ1) is 12.9. The number of nitrogens with zero attached hydrogens (tertiary/aromatic N) is 1. The smallest absolute Gasteiger partial charge is 0.412 e. The first-order valence-corrected chi connectivity index (χ1v) is 10.5. The molecule has 158 valence electrons. The number of amides is 1. The average molecular weight is 391 g/mol. The summed E-state index contributed by atoms with van der Waals surface area (Å²) < 4.78 is 11.7. The number of benzene rings is 1. The number of hydrogen-bond donors (Lipinski definition) is 1. The van der Waals surface area contributed by atoms with E-state index >= 15 is 0 Å². The number of carbonyl (C=O) groups excluding carboxylic acids is 1. The summed E-state index contributed by atoms with van der Waals surface area (Å²) in [4.78, 5) is 14.8. The van der Waals surface area contributed by atoms with Crippen molar-refractivity contribution in [3.8, 4) is 0 Å². The SMILES string of the molecule is CCC(C(C)CCc1ccc(N)cc1)C1COC(C)(C)N1C(=O)OC(C)(C)C. The van der Waals surface area contributed by atoms with Gasteiger partial charge in [0.15, 0.2) is 0 Å². The first kappa shape index (κ1) is 22.5. The summed E-state index contributed by atoms with van der Waals surface area (Å²) >= 11 is 0. The van der Waals surface area contributed by atoms with Gasteiger partial charge in [-0.05, 0) is 77.0 Å². The maximum atomic E-state index is 13.0. The predicted octanol–water partition coefficient (Wildman–Crippen LogP) is 5.24. The van der Waals surface area contributed by atoms with Gasteiger partial charge in [0.1, 0.15) is 11.3 Å². The molecule has 3 unspecified atom stereocenters. The van der Waals surface area contributed by atoms with Crippen molar-refractivity contribution in [3.63, 3.8) is 0 Å². The third-order valence-corrected chi connectivity index (χ3v) is 5.67. The minimum atomic E-state index is -0.656. The molecule has 28 heavy (non-hydrogen) atoms. The van der Waals surface area contributed by atoms with Gasteiger partial charge in [-0.15, -0.1) is 0 Å². The fourth-order valence-electron chi connectivity index (χ4n) is 4.16. The lowest BCUT2D eigenvalue weighted by atomic mass is 9.81. The van der Waals surface area contributed by atoms with Crippen molar-refractivity contribution >= 4 is 11.8 Å². The molecule has 3 atom stereocenters. The Balaban J connectivity index is 2.11. The van der Waals surface area contributed by atoms with Crippen LogP contribution in [0.3, 0.4) is 0 Å². The molecule has 1 aliphatic heterocycles. The van der Waals surface area contributed by atoms with E-state index in [4.69, 9.17) is 15.2 Å². The standard InChI is InChI=1S/C23H38N2O3/c1-8-19(16(2)9-10-17-11-13-18(24)14-12-17)20-15-27-23(6,7)25(20)21(26)28-22(3,4)5/h11-14,16,19-20H,8-10,15,24H2,1-7H3. The third kappa shape index (κ3) is 5.63. The molecule has 0 aromatic heterocycles. The van der Waals surface area contributed by atoms with Gasteiger partial charge in [0.25, 0.3) is 0 Å². The topological polar surface area (TPSA) is 64.8 Å². The summed E-state index contributed by atoms with van der Waals surface area (Å²) in [6.07, 6.45) is 2.76. The Kier molecular flexibility index (Phi) is 7.02. The number of anilines is 1. The van der Waals surface area contributed by atoms with Gasteiger partial charge in [0.05, 0.1) is 12.6 Å². The molecule has 5 nitrogen and oxygen atoms in total. The molecule has 0 spiro atoms. The lowest BCUT2D eigenvalue weighted by Gasteiger charge is -2.39. The summed E-state index contributed by atoms with van der Waals surface area (Å²) in [5.74, 6) is 0.804. The molecule has 1 aliphatic rings. The first-order valence-electron chi connectivity index (χ1n) is 10.5. The predicted molar refractivity (Wildman–Crippen MR) is 114 cm³/mol. The highest BCUT2D eigenvalue weighted by molar-refractivity contribution is 5.69. The second-order valence-electron chi connectivity index (χ2n) is 9.51. The summed E-state index contributed by atoms with van der Waals surface area (Å²) in [7, 11) is 0. The molecule has 5 heteroatoms. The highest BCUT2D eigenvalue weighted by Gasteiger charge is 2.48. The highest BCUT2D eigenvalue weighted by Crippen LogP contribution is 2.37. The zero-order valence-electron chi connectivity index (χ0n) is 18.6. The van der Waals surface area contributed by atoms with Crippen molar-refractivity contribution in [2.24, 2.45) is 11.8 Å². The van der Waals surface area contributed by atoms with Gasteiger partial charge in [-0.2, -0.15) is 0 Å². The maximum Gasteiger partial charge on any atom is 0.412 e. The number of nitrogen functional groups attached to an aromatic ring is 1. The number of nitrogens with two attached hydrogens (primary N) is 1. The average Bonchev–Trinajstić information content (AvgIpc) is 2.88. The minimum Gasteiger partial charge on any atom is -0.444 e. The van der Waals surface area contributed by atoms with Crippen molar-refractivity contribution in [2.45, 2.75) is 85.1 Å². The van der Waals surface area contributed by atoms with Crippen LogP contribution in [-0.2, 0) is 15.9 Å². The van der Waals surface area contributed by atoms with Gasteiger partial charge in [-0.25, -0.2) is 4.79 Å². The van der Waals surface area contributed by atoms with E-state index in [1.165, 1.54) is 5.56 Å². The van der Waals surface area contributed by atoms with Crippen molar-refractivity contribution in [2.75, 3.05) is 12.3 Å². The molecule has 0 bridgehead atoms. The van der Waals surface area contributed by atoms with Gasteiger partial charge >= 0.3 is 6.09 Å². The van der Waals surface area contributed by atoms with Gasteiger partial charge in [-0.1, -0.05) is 32.4 Å². The Morgan fingerprint density at radius 2 is 1.93 bits per heavy atom. The van der Waals surface area contributed by atoms with Crippen LogP contribution in [0.2, 0.25) is 0 Å². The Morgan fingerprint density at radius 3 is 2.46 bits per heavy atom. The molecule has 1 amide bonds. The molecule has 1 fully saturated rings. The van der Waals surface area contributed by atoms with E-state index < -0.39 is 11.3 Å². The Hall–Kier alpha value is -1.75. The van der Waals surface area contributed by atoms with E-state index in [2.05, 4.69) is 26.0 Å². The number of rotatable bonds is 6. The highest BCUT2D eigenvalue weighted by atomic mass is 16.6. The number of hydrogen-bond acceptors (Lipinski definition) is 4. The molecule has 2 N–H and O–H groups in total. The Labute approximate surface area is 170 Å². The monoisotopic (exact) mass is 390 g/mol. The van der Waals surface area contributed by atoms with E-state index in [-0.39, 0.29) is 12.1 Å². The molecule has 1 aromatic rings. The summed E-state index contributed by atoms with van der Waals surface area (Å²) in [6.45, 7) is 14.6. The van der Waals surface area contributed by atoms with Crippen LogP contribution in [-0.4, -0.2) is 35.0 Å².